The molecule has 0 aliphatic heterocycles. The summed E-state index contributed by atoms with van der Waals surface area (Å²) in [6.45, 7) is 5.07. The third kappa shape index (κ3) is 7.09. The highest BCUT2D eigenvalue weighted by atomic mass is 35.5. The van der Waals surface area contributed by atoms with Gasteiger partial charge in [-0.3, -0.25) is 4.21 Å². The van der Waals surface area contributed by atoms with Crippen LogP contribution in [0, 0.1) is 5.41 Å². The molecule has 0 saturated carbocycles. The highest BCUT2D eigenvalue weighted by molar-refractivity contribution is 7.84. The lowest BCUT2D eigenvalue weighted by atomic mass is 9.88. The zero-order valence-electron chi connectivity index (χ0n) is 11.8. The quantitative estimate of drug-likeness (QED) is 0.743. The fourth-order valence-electron chi connectivity index (χ4n) is 1.81. The second-order valence-electron chi connectivity index (χ2n) is 5.74. The van der Waals surface area contributed by atoms with Crippen LogP contribution in [0.4, 0.5) is 0 Å². The van der Waals surface area contributed by atoms with Gasteiger partial charge in [0.1, 0.15) is 0 Å². The van der Waals surface area contributed by atoms with Gasteiger partial charge in [0, 0.05) is 27.3 Å². The second-order valence-corrected chi connectivity index (χ2v) is 7.75. The Morgan fingerprint density at radius 2 is 1.84 bits per heavy atom. The predicted octanol–water partition coefficient (Wildman–Crippen LogP) is 3.74. The zero-order chi connectivity index (χ0) is 14.3. The number of hydrogen-bond donors (Lipinski definition) is 1. The van der Waals surface area contributed by atoms with Crippen molar-refractivity contribution in [2.24, 2.45) is 11.1 Å². The topological polar surface area (TPSA) is 43.1 Å². The number of unbranched alkanes of at least 4 members (excludes halogenated alkanes) is 1. The molecular formula is C15H24ClNOS. The number of halogens is 1. The normalized spacial score (nSPS) is 13.5. The lowest BCUT2D eigenvalue weighted by Gasteiger charge is -2.21. The SMILES string of the molecule is CC(C)(CN)CCCCS(=O)Cc1ccc(Cl)cc1. The summed E-state index contributed by atoms with van der Waals surface area (Å²) >= 11 is 5.82. The molecule has 0 fully saturated rings. The van der Waals surface area contributed by atoms with Crippen molar-refractivity contribution in [3.05, 3.63) is 34.9 Å². The van der Waals surface area contributed by atoms with Crippen molar-refractivity contribution in [1.29, 1.82) is 0 Å². The Hall–Kier alpha value is -0.380. The van der Waals surface area contributed by atoms with Crippen LogP contribution in [0.2, 0.25) is 5.02 Å². The third-order valence-electron chi connectivity index (χ3n) is 3.27. The highest BCUT2D eigenvalue weighted by Crippen LogP contribution is 2.21. The molecule has 0 saturated heterocycles. The van der Waals surface area contributed by atoms with E-state index in [2.05, 4.69) is 13.8 Å². The van der Waals surface area contributed by atoms with E-state index in [-0.39, 0.29) is 5.41 Å². The molecule has 0 aliphatic carbocycles. The standard InChI is InChI=1S/C15H24ClNOS/c1-15(2,12-17)9-3-4-10-19(18)11-13-5-7-14(16)8-6-13/h5-8H,3-4,9-12,17H2,1-2H3. The van der Waals surface area contributed by atoms with Gasteiger partial charge in [-0.05, 0) is 42.5 Å². The van der Waals surface area contributed by atoms with Gasteiger partial charge < -0.3 is 5.73 Å². The molecule has 108 valence electrons. The van der Waals surface area contributed by atoms with E-state index < -0.39 is 10.8 Å². The molecule has 1 aromatic rings. The minimum atomic E-state index is -0.782. The van der Waals surface area contributed by atoms with Gasteiger partial charge in [0.05, 0.1) is 0 Å². The van der Waals surface area contributed by atoms with Gasteiger partial charge in [0.2, 0.25) is 0 Å². The molecule has 19 heavy (non-hydrogen) atoms. The Bertz CT molecular complexity index is 403. The molecular weight excluding hydrogens is 278 g/mol. The summed E-state index contributed by atoms with van der Waals surface area (Å²) in [5.74, 6) is 1.39. The van der Waals surface area contributed by atoms with E-state index >= 15 is 0 Å². The summed E-state index contributed by atoms with van der Waals surface area (Å²) in [4.78, 5) is 0. The van der Waals surface area contributed by atoms with Crippen molar-refractivity contribution in [2.45, 2.75) is 38.9 Å². The fraction of sp³-hybridized carbons (Fsp3) is 0.600. The lowest BCUT2D eigenvalue weighted by molar-refractivity contribution is 0.336. The zero-order valence-corrected chi connectivity index (χ0v) is 13.4. The smallest absolute Gasteiger partial charge is 0.0485 e. The molecule has 4 heteroatoms. The molecule has 0 spiro atoms. The molecule has 1 rings (SSSR count). The fourth-order valence-corrected chi connectivity index (χ4v) is 3.17. The van der Waals surface area contributed by atoms with Crippen LogP contribution in [0.5, 0.6) is 0 Å². The lowest BCUT2D eigenvalue weighted by Crippen LogP contribution is -2.23. The predicted molar refractivity (Wildman–Crippen MR) is 84.9 cm³/mol. The van der Waals surface area contributed by atoms with Crippen LogP contribution in [-0.4, -0.2) is 16.5 Å². The molecule has 0 heterocycles. The van der Waals surface area contributed by atoms with Gasteiger partial charge in [-0.25, -0.2) is 0 Å². The first kappa shape index (κ1) is 16.7. The summed E-state index contributed by atoms with van der Waals surface area (Å²) in [6.07, 6.45) is 3.20. The van der Waals surface area contributed by atoms with Crippen LogP contribution >= 0.6 is 11.6 Å². The van der Waals surface area contributed by atoms with Crippen molar-refractivity contribution in [3.8, 4) is 0 Å². The van der Waals surface area contributed by atoms with E-state index in [1.165, 1.54) is 0 Å². The van der Waals surface area contributed by atoms with E-state index in [0.29, 0.717) is 12.3 Å². The average Bonchev–Trinajstić information content (AvgIpc) is 2.38. The van der Waals surface area contributed by atoms with Crippen LogP contribution in [-0.2, 0) is 16.6 Å². The average molecular weight is 302 g/mol. The Morgan fingerprint density at radius 3 is 2.42 bits per heavy atom. The minimum absolute atomic E-state index is 0.206. The highest BCUT2D eigenvalue weighted by Gasteiger charge is 2.14. The van der Waals surface area contributed by atoms with Crippen molar-refractivity contribution in [2.75, 3.05) is 12.3 Å². The van der Waals surface area contributed by atoms with E-state index in [1.54, 1.807) is 0 Å². The van der Waals surface area contributed by atoms with E-state index in [4.69, 9.17) is 17.3 Å². The molecule has 0 aromatic heterocycles. The maximum absolute atomic E-state index is 11.9. The summed E-state index contributed by atoms with van der Waals surface area (Å²) in [6, 6.07) is 7.57. The molecule has 2 N–H and O–H groups in total. The van der Waals surface area contributed by atoms with E-state index in [1.807, 2.05) is 24.3 Å². The second kappa shape index (κ2) is 8.03. The largest absolute Gasteiger partial charge is 0.330 e. The molecule has 1 aromatic carbocycles. The molecule has 0 radical (unpaired) electrons. The molecule has 0 bridgehead atoms. The first-order valence-electron chi connectivity index (χ1n) is 6.72. The molecule has 2 nitrogen and oxygen atoms in total. The molecule has 0 amide bonds. The molecule has 0 aliphatic rings. The van der Waals surface area contributed by atoms with Gasteiger partial charge in [0.25, 0.3) is 0 Å². The Balaban J connectivity index is 2.23. The minimum Gasteiger partial charge on any atom is -0.330 e. The van der Waals surface area contributed by atoms with Crippen LogP contribution in [0.15, 0.2) is 24.3 Å². The summed E-state index contributed by atoms with van der Waals surface area (Å²) in [5.41, 5.74) is 6.99. The van der Waals surface area contributed by atoms with Gasteiger partial charge in [-0.1, -0.05) is 44.0 Å². The number of benzene rings is 1. The van der Waals surface area contributed by atoms with E-state index in [0.717, 1.165) is 35.6 Å². The van der Waals surface area contributed by atoms with Crippen molar-refractivity contribution < 1.29 is 4.21 Å². The van der Waals surface area contributed by atoms with Gasteiger partial charge in [0.15, 0.2) is 0 Å². The van der Waals surface area contributed by atoms with Gasteiger partial charge in [-0.2, -0.15) is 0 Å². The first-order valence-corrected chi connectivity index (χ1v) is 8.59. The first-order chi connectivity index (χ1) is 8.93. The maximum atomic E-state index is 11.9. The number of nitrogens with two attached hydrogens (primary N) is 1. The maximum Gasteiger partial charge on any atom is 0.0485 e. The Labute approximate surface area is 124 Å². The van der Waals surface area contributed by atoms with Gasteiger partial charge in [-0.15, -0.1) is 0 Å². The van der Waals surface area contributed by atoms with Crippen LogP contribution in [0.1, 0.15) is 38.7 Å². The summed E-state index contributed by atoms with van der Waals surface area (Å²) in [5, 5.41) is 0.721. The molecule has 1 atom stereocenters. The molecule has 1 unspecified atom stereocenters. The van der Waals surface area contributed by atoms with Crippen LogP contribution in [0.25, 0.3) is 0 Å². The number of rotatable bonds is 8. The van der Waals surface area contributed by atoms with Crippen molar-refractivity contribution >= 4 is 22.4 Å². The van der Waals surface area contributed by atoms with E-state index in [9.17, 15) is 4.21 Å². The summed E-state index contributed by atoms with van der Waals surface area (Å²) < 4.78 is 11.9. The number of hydrogen-bond acceptors (Lipinski definition) is 2. The van der Waals surface area contributed by atoms with Gasteiger partial charge >= 0.3 is 0 Å². The van der Waals surface area contributed by atoms with Crippen LogP contribution in [0.3, 0.4) is 0 Å². The van der Waals surface area contributed by atoms with Crippen molar-refractivity contribution in [3.63, 3.8) is 0 Å². The monoisotopic (exact) mass is 301 g/mol. The third-order valence-corrected chi connectivity index (χ3v) is 4.92. The summed E-state index contributed by atoms with van der Waals surface area (Å²) in [7, 11) is -0.782. The van der Waals surface area contributed by atoms with Crippen molar-refractivity contribution in [1.82, 2.24) is 0 Å². The Kier molecular flexibility index (Phi) is 7.05. The Morgan fingerprint density at radius 1 is 1.21 bits per heavy atom. The van der Waals surface area contributed by atoms with Crippen LogP contribution < -0.4 is 5.73 Å².